The number of nitrogens with zero attached hydrogens (tertiary/aromatic N) is 2. The van der Waals surface area contributed by atoms with E-state index >= 15 is 0 Å². The quantitative estimate of drug-likeness (QED) is 0.618. The third-order valence-corrected chi connectivity index (χ3v) is 5.54. The summed E-state index contributed by atoms with van der Waals surface area (Å²) in [5.74, 6) is 2.08. The maximum Gasteiger partial charge on any atom is 0.261 e. The molecule has 31 heavy (non-hydrogen) atoms. The second kappa shape index (κ2) is 9.64. The van der Waals surface area contributed by atoms with Gasteiger partial charge in [-0.1, -0.05) is 12.8 Å². The second-order valence-electron chi connectivity index (χ2n) is 7.66. The fourth-order valence-corrected chi connectivity index (χ4v) is 3.84. The molecule has 2 aromatic carbocycles. The van der Waals surface area contributed by atoms with Gasteiger partial charge in [0.2, 0.25) is 0 Å². The molecule has 0 unspecified atom stereocenters. The van der Waals surface area contributed by atoms with Crippen LogP contribution in [0.1, 0.15) is 41.9 Å². The highest BCUT2D eigenvalue weighted by Gasteiger charge is 2.14. The number of nitrogens with one attached hydrogen (secondary N) is 1. The smallest absolute Gasteiger partial charge is 0.261 e. The summed E-state index contributed by atoms with van der Waals surface area (Å²) in [5, 5.41) is 3.41. The number of carbonyl (C=O) groups excluding carboxylic acids is 1. The summed E-state index contributed by atoms with van der Waals surface area (Å²) >= 11 is 0. The van der Waals surface area contributed by atoms with Crippen LogP contribution in [0.15, 0.2) is 47.3 Å². The van der Waals surface area contributed by atoms with Crippen molar-refractivity contribution in [3.05, 3.63) is 64.2 Å². The molecule has 0 saturated heterocycles. The summed E-state index contributed by atoms with van der Waals surface area (Å²) in [6.07, 6.45) is 5.13. The molecule has 1 aromatic heterocycles. The number of aromatic nitrogens is 2. The number of hydrogen-bond donors (Lipinski definition) is 1. The zero-order valence-corrected chi connectivity index (χ0v) is 17.7. The number of rotatable bonds is 6. The van der Waals surface area contributed by atoms with Gasteiger partial charge < -0.3 is 14.8 Å². The van der Waals surface area contributed by atoms with Crippen molar-refractivity contribution in [1.82, 2.24) is 14.9 Å². The van der Waals surface area contributed by atoms with Crippen molar-refractivity contribution in [3.63, 3.8) is 0 Å². The number of ether oxygens (including phenoxy) is 2. The lowest BCUT2D eigenvalue weighted by Gasteiger charge is -2.16. The Morgan fingerprint density at radius 3 is 2.65 bits per heavy atom. The van der Waals surface area contributed by atoms with Crippen molar-refractivity contribution >= 4 is 16.8 Å². The molecule has 0 atom stereocenters. The molecule has 0 fully saturated rings. The van der Waals surface area contributed by atoms with Gasteiger partial charge in [-0.2, -0.15) is 0 Å². The van der Waals surface area contributed by atoms with E-state index < -0.39 is 0 Å². The predicted octanol–water partition coefficient (Wildman–Crippen LogP) is 3.33. The van der Waals surface area contributed by atoms with Gasteiger partial charge in [0.05, 0.1) is 24.6 Å². The lowest BCUT2D eigenvalue weighted by atomic mass is 10.1. The largest absolute Gasteiger partial charge is 0.497 e. The lowest BCUT2D eigenvalue weighted by Crippen LogP contribution is -2.29. The third kappa shape index (κ3) is 4.87. The minimum Gasteiger partial charge on any atom is -0.497 e. The molecule has 1 amide bonds. The summed E-state index contributed by atoms with van der Waals surface area (Å²) in [6.45, 7) is 1.43. The molecule has 7 nitrogen and oxygen atoms in total. The van der Waals surface area contributed by atoms with Crippen LogP contribution in [0.3, 0.4) is 0 Å². The number of aryl methyl sites for hydroxylation is 1. The van der Waals surface area contributed by atoms with Crippen molar-refractivity contribution in [3.8, 4) is 11.5 Å². The van der Waals surface area contributed by atoms with Gasteiger partial charge in [0.25, 0.3) is 11.5 Å². The van der Waals surface area contributed by atoms with Crippen molar-refractivity contribution in [2.24, 2.45) is 0 Å². The molecule has 1 N–H and O–H groups in total. The zero-order valence-electron chi connectivity index (χ0n) is 17.7. The number of amides is 1. The van der Waals surface area contributed by atoms with E-state index in [-0.39, 0.29) is 11.5 Å². The van der Waals surface area contributed by atoms with E-state index in [1.54, 1.807) is 29.9 Å². The maximum atomic E-state index is 12.9. The van der Waals surface area contributed by atoms with Crippen LogP contribution in [0.2, 0.25) is 0 Å². The monoisotopic (exact) mass is 421 g/mol. The Morgan fingerprint density at radius 1 is 1.06 bits per heavy atom. The fourth-order valence-electron chi connectivity index (χ4n) is 3.84. The van der Waals surface area contributed by atoms with E-state index in [1.165, 1.54) is 0 Å². The zero-order chi connectivity index (χ0) is 21.6. The van der Waals surface area contributed by atoms with Crippen LogP contribution in [-0.2, 0) is 13.0 Å². The van der Waals surface area contributed by atoms with Crippen molar-refractivity contribution in [2.45, 2.75) is 38.6 Å². The summed E-state index contributed by atoms with van der Waals surface area (Å²) in [4.78, 5) is 30.2. The van der Waals surface area contributed by atoms with E-state index in [1.807, 2.05) is 24.3 Å². The normalized spacial score (nSPS) is 13.7. The van der Waals surface area contributed by atoms with Crippen LogP contribution in [-0.4, -0.2) is 35.7 Å². The molecule has 0 bridgehead atoms. The van der Waals surface area contributed by atoms with Crippen LogP contribution in [0.4, 0.5) is 0 Å². The molecule has 0 aliphatic carbocycles. The van der Waals surface area contributed by atoms with Gasteiger partial charge in [-0.3, -0.25) is 14.2 Å². The highest BCUT2D eigenvalue weighted by Crippen LogP contribution is 2.18. The highest BCUT2D eigenvalue weighted by atomic mass is 16.5. The number of benzene rings is 2. The van der Waals surface area contributed by atoms with Gasteiger partial charge in [0.1, 0.15) is 23.9 Å². The summed E-state index contributed by atoms with van der Waals surface area (Å²) < 4.78 is 12.6. The van der Waals surface area contributed by atoms with Gasteiger partial charge in [0, 0.05) is 18.5 Å². The van der Waals surface area contributed by atoms with Crippen LogP contribution in [0.5, 0.6) is 11.5 Å². The van der Waals surface area contributed by atoms with Crippen LogP contribution >= 0.6 is 0 Å². The van der Waals surface area contributed by atoms with Crippen LogP contribution in [0, 0.1) is 0 Å². The predicted molar refractivity (Wildman–Crippen MR) is 119 cm³/mol. The van der Waals surface area contributed by atoms with Crippen molar-refractivity contribution < 1.29 is 14.3 Å². The van der Waals surface area contributed by atoms with Crippen LogP contribution in [0.25, 0.3) is 10.9 Å². The summed E-state index contributed by atoms with van der Waals surface area (Å²) in [5.41, 5.74) is 1.06. The molecule has 1 aliphatic rings. The Balaban J connectivity index is 1.41. The van der Waals surface area contributed by atoms with Gasteiger partial charge in [-0.25, -0.2) is 4.98 Å². The minimum atomic E-state index is -0.214. The molecule has 0 spiro atoms. The SMILES string of the molecule is COc1ccc(OCCNC(=O)c2ccc3c(=O)n4c(nc3c2)CCCCCC4)cc1. The van der Waals surface area contributed by atoms with Crippen LogP contribution < -0.4 is 20.3 Å². The standard InChI is InChI=1S/C24H27N3O4/c1-30-18-8-10-19(11-9-18)31-15-13-25-23(28)17-7-12-20-21(16-17)26-22-6-4-2-3-5-14-27(22)24(20)29/h7-12,16H,2-6,13-15H2,1H3,(H,25,28). The van der Waals surface area contributed by atoms with E-state index in [4.69, 9.17) is 14.5 Å². The van der Waals surface area contributed by atoms with E-state index in [9.17, 15) is 9.59 Å². The maximum absolute atomic E-state index is 12.9. The fraction of sp³-hybridized carbons (Fsp3) is 0.375. The van der Waals surface area contributed by atoms with Crippen molar-refractivity contribution in [1.29, 1.82) is 0 Å². The molecule has 162 valence electrons. The summed E-state index contributed by atoms with van der Waals surface area (Å²) in [6, 6.07) is 12.4. The molecular weight excluding hydrogens is 394 g/mol. The van der Waals surface area contributed by atoms with Gasteiger partial charge >= 0.3 is 0 Å². The Labute approximate surface area is 181 Å². The van der Waals surface area contributed by atoms with Gasteiger partial charge in [-0.15, -0.1) is 0 Å². The molecule has 7 heteroatoms. The number of carbonyl (C=O) groups is 1. The van der Waals surface area contributed by atoms with Crippen molar-refractivity contribution in [2.75, 3.05) is 20.3 Å². The average Bonchev–Trinajstić information content (AvgIpc) is 2.78. The molecular formula is C24H27N3O4. The second-order valence-corrected chi connectivity index (χ2v) is 7.66. The first-order chi connectivity index (χ1) is 15.2. The Hall–Kier alpha value is -3.35. The molecule has 0 radical (unpaired) electrons. The first-order valence-electron chi connectivity index (χ1n) is 10.7. The van der Waals surface area contributed by atoms with E-state index in [0.717, 1.165) is 43.7 Å². The number of methoxy groups -OCH3 is 1. The number of hydrogen-bond acceptors (Lipinski definition) is 5. The minimum absolute atomic E-state index is 0.0123. The first kappa shape index (κ1) is 20.9. The molecule has 1 aliphatic heterocycles. The molecule has 0 saturated carbocycles. The highest BCUT2D eigenvalue weighted by molar-refractivity contribution is 5.97. The topological polar surface area (TPSA) is 82.5 Å². The molecule has 3 aromatic rings. The van der Waals surface area contributed by atoms with Gasteiger partial charge in [-0.05, 0) is 55.3 Å². The average molecular weight is 421 g/mol. The lowest BCUT2D eigenvalue weighted by molar-refractivity contribution is 0.0947. The molecule has 2 heterocycles. The Bertz CT molecular complexity index is 1120. The molecule has 4 rings (SSSR count). The van der Waals surface area contributed by atoms with E-state index in [2.05, 4.69) is 5.32 Å². The Kier molecular flexibility index (Phi) is 6.50. The third-order valence-electron chi connectivity index (χ3n) is 5.54. The Morgan fingerprint density at radius 2 is 1.84 bits per heavy atom. The number of fused-ring (bicyclic) bond motifs is 2. The van der Waals surface area contributed by atoms with Gasteiger partial charge in [0.15, 0.2) is 0 Å². The van der Waals surface area contributed by atoms with E-state index in [0.29, 0.717) is 41.9 Å². The first-order valence-corrected chi connectivity index (χ1v) is 10.7. The summed E-state index contributed by atoms with van der Waals surface area (Å²) in [7, 11) is 1.61.